The van der Waals surface area contributed by atoms with Crippen LogP contribution < -0.4 is 10.6 Å². The lowest BCUT2D eigenvalue weighted by molar-refractivity contribution is -1.11. The summed E-state index contributed by atoms with van der Waals surface area (Å²) in [5, 5.41) is 144. The van der Waals surface area contributed by atoms with Crippen LogP contribution in [0.2, 0.25) is 0 Å². The molecule has 24 heteroatoms. The standard InChI is InChI=1S/C26H48N2O22/c1-28(42)27-6-43-23-17(39)20(12(34)8(3-30)44-23)49-25-19(41)22(14(36)10(5-32)46-25)50-26-18(40)21(13(35)9(4-31)47-26)48-24-16(38)15(37)11(33)7(2-29)45-24/h7-27,29-42H,2-6H2,1H3/p+1. The zero-order valence-electron chi connectivity index (χ0n) is 26.6. The molecule has 0 aromatic rings. The lowest BCUT2D eigenvalue weighted by Gasteiger charge is -2.49. The molecular weight excluding hydrogens is 692 g/mol. The summed E-state index contributed by atoms with van der Waals surface area (Å²) in [7, 11) is 1.30. The number of hydrogen-bond acceptors (Lipinski definition) is 23. The Balaban J connectivity index is 1.52. The molecule has 0 saturated carbocycles. The molecule has 21 atom stereocenters. The largest absolute Gasteiger partial charge is 0.394 e. The fourth-order valence-corrected chi connectivity index (χ4v) is 5.88. The topological polar surface area (TPSA) is 374 Å². The highest BCUT2D eigenvalue weighted by Crippen LogP contribution is 2.34. The van der Waals surface area contributed by atoms with E-state index in [2.05, 4.69) is 5.43 Å². The molecular formula is C26H49N2O22+. The van der Waals surface area contributed by atoms with E-state index in [4.69, 9.17) is 37.9 Å². The zero-order valence-corrected chi connectivity index (χ0v) is 26.6. The van der Waals surface area contributed by atoms with Crippen molar-refractivity contribution >= 4 is 0 Å². The van der Waals surface area contributed by atoms with Crippen molar-refractivity contribution in [1.29, 1.82) is 0 Å². The molecule has 16 N–H and O–H groups in total. The van der Waals surface area contributed by atoms with Crippen LogP contribution in [0, 0.1) is 0 Å². The van der Waals surface area contributed by atoms with E-state index in [-0.39, 0.29) is 5.17 Å². The van der Waals surface area contributed by atoms with Crippen LogP contribution in [0.5, 0.6) is 0 Å². The third-order valence-electron chi connectivity index (χ3n) is 8.76. The van der Waals surface area contributed by atoms with Crippen LogP contribution in [-0.4, -0.2) is 235 Å². The van der Waals surface area contributed by atoms with Crippen LogP contribution in [0.25, 0.3) is 0 Å². The zero-order chi connectivity index (χ0) is 37.0. The van der Waals surface area contributed by atoms with E-state index in [1.54, 1.807) is 0 Å². The maximum Gasteiger partial charge on any atom is 0.188 e. The molecule has 24 nitrogen and oxygen atoms in total. The lowest BCUT2D eigenvalue weighted by atomic mass is 9.95. The van der Waals surface area contributed by atoms with Gasteiger partial charge in [-0.25, -0.2) is 0 Å². The van der Waals surface area contributed by atoms with Crippen molar-refractivity contribution in [3.05, 3.63) is 0 Å². The molecule has 4 fully saturated rings. The second kappa shape index (κ2) is 18.4. The number of hydroxylamine groups is 1. The molecule has 4 heterocycles. The number of rotatable bonds is 14. The molecule has 4 aliphatic rings. The maximum atomic E-state index is 11.2. The molecule has 4 aliphatic heterocycles. The van der Waals surface area contributed by atoms with E-state index >= 15 is 0 Å². The van der Waals surface area contributed by atoms with Gasteiger partial charge in [-0.3, -0.25) is 0 Å². The molecule has 294 valence electrons. The number of hydrogen-bond donors (Lipinski definition) is 16. The number of aliphatic hydroxyl groups excluding tert-OH is 13. The predicted molar refractivity (Wildman–Crippen MR) is 149 cm³/mol. The first-order valence-corrected chi connectivity index (χ1v) is 15.7. The summed E-state index contributed by atoms with van der Waals surface area (Å²) in [4.78, 5) is 0. The second-order valence-electron chi connectivity index (χ2n) is 12.2. The Morgan fingerprint density at radius 2 is 0.780 bits per heavy atom. The van der Waals surface area contributed by atoms with Crippen molar-refractivity contribution in [2.75, 3.05) is 40.2 Å². The van der Waals surface area contributed by atoms with Crippen LogP contribution in [0.15, 0.2) is 0 Å². The van der Waals surface area contributed by atoms with Crippen molar-refractivity contribution in [1.82, 2.24) is 5.43 Å². The molecule has 0 amide bonds. The SMILES string of the molecule is C[NH+](O)NCOC1OC(CO)C(O)C(OC2OC(CO)C(O)C(OC3OC(CO)C(O)C(OC4OC(CO)C(O)C(O)C4O)C3O)C2O)C1O. The van der Waals surface area contributed by atoms with E-state index in [1.165, 1.54) is 7.05 Å². The predicted octanol–water partition coefficient (Wildman–Crippen LogP) is -11.4. The van der Waals surface area contributed by atoms with Crippen molar-refractivity contribution in [3.8, 4) is 0 Å². The molecule has 50 heavy (non-hydrogen) atoms. The average Bonchev–Trinajstić information content (AvgIpc) is 3.09. The summed E-state index contributed by atoms with van der Waals surface area (Å²) in [5.41, 5.74) is 2.41. The molecule has 0 radical (unpaired) electrons. The first-order chi connectivity index (χ1) is 23.7. The van der Waals surface area contributed by atoms with Gasteiger partial charge in [0.2, 0.25) is 0 Å². The van der Waals surface area contributed by atoms with Crippen LogP contribution in [0.1, 0.15) is 0 Å². The molecule has 0 aromatic carbocycles. The molecule has 0 bridgehead atoms. The van der Waals surface area contributed by atoms with Gasteiger partial charge in [0.15, 0.2) is 25.2 Å². The average molecular weight is 742 g/mol. The summed E-state index contributed by atoms with van der Waals surface area (Å²) in [6.45, 7) is -3.82. The summed E-state index contributed by atoms with van der Waals surface area (Å²) in [6.07, 6.45) is -35.8. The summed E-state index contributed by atoms with van der Waals surface area (Å²) >= 11 is 0. The maximum absolute atomic E-state index is 11.2. The smallest absolute Gasteiger partial charge is 0.188 e. The van der Waals surface area contributed by atoms with E-state index in [0.717, 1.165) is 0 Å². The summed E-state index contributed by atoms with van der Waals surface area (Å²) in [6, 6.07) is 0. The van der Waals surface area contributed by atoms with Gasteiger partial charge in [-0.15, -0.1) is 10.6 Å². The first kappa shape index (κ1) is 41.8. The molecule has 21 unspecified atom stereocenters. The fourth-order valence-electron chi connectivity index (χ4n) is 5.88. The van der Waals surface area contributed by atoms with E-state index in [1.807, 2.05) is 0 Å². The van der Waals surface area contributed by atoms with Crippen molar-refractivity contribution < 1.29 is 115 Å². The Hall–Kier alpha value is -0.960. The van der Waals surface area contributed by atoms with Gasteiger partial charge in [-0.1, -0.05) is 0 Å². The van der Waals surface area contributed by atoms with Gasteiger partial charge < -0.3 is 104 Å². The van der Waals surface area contributed by atoms with Crippen LogP contribution in [0.3, 0.4) is 0 Å². The molecule has 0 spiro atoms. The van der Waals surface area contributed by atoms with Crippen molar-refractivity contribution in [2.45, 2.75) is 123 Å². The lowest BCUT2D eigenvalue weighted by Crippen LogP contribution is -3.13. The molecule has 0 aromatic heterocycles. The van der Waals surface area contributed by atoms with E-state index in [0.29, 0.717) is 0 Å². The number of ether oxygens (including phenoxy) is 8. The third-order valence-corrected chi connectivity index (χ3v) is 8.76. The van der Waals surface area contributed by atoms with Gasteiger partial charge in [0, 0.05) is 0 Å². The monoisotopic (exact) mass is 741 g/mol. The van der Waals surface area contributed by atoms with Crippen LogP contribution >= 0.6 is 0 Å². The molecule has 4 rings (SSSR count). The number of quaternary nitrogens is 1. The Kier molecular flexibility index (Phi) is 15.4. The summed E-state index contributed by atoms with van der Waals surface area (Å²) < 4.78 is 43.8. The normalized spacial score (nSPS) is 49.5. The van der Waals surface area contributed by atoms with Crippen LogP contribution in [0.4, 0.5) is 0 Å². The number of aliphatic hydroxyl groups is 13. The first-order valence-electron chi connectivity index (χ1n) is 15.7. The molecule has 4 saturated heterocycles. The third kappa shape index (κ3) is 9.04. The van der Waals surface area contributed by atoms with Crippen molar-refractivity contribution in [3.63, 3.8) is 0 Å². The Labute approximate surface area is 283 Å². The van der Waals surface area contributed by atoms with Gasteiger partial charge in [0.05, 0.1) is 26.4 Å². The van der Waals surface area contributed by atoms with Crippen LogP contribution in [-0.2, 0) is 37.9 Å². The van der Waals surface area contributed by atoms with Crippen molar-refractivity contribution in [2.24, 2.45) is 0 Å². The molecule has 0 aliphatic carbocycles. The summed E-state index contributed by atoms with van der Waals surface area (Å²) in [5.74, 6) is 0. The van der Waals surface area contributed by atoms with Gasteiger partial charge in [-0.2, -0.15) is 5.21 Å². The fraction of sp³-hybridized carbons (Fsp3) is 1.00. The number of nitrogens with one attached hydrogen (secondary N) is 2. The minimum Gasteiger partial charge on any atom is -0.394 e. The van der Waals surface area contributed by atoms with E-state index < -0.39 is 156 Å². The Morgan fingerprint density at radius 3 is 1.14 bits per heavy atom. The van der Waals surface area contributed by atoms with Gasteiger partial charge >= 0.3 is 0 Å². The minimum absolute atomic E-state index is 0.237. The highest BCUT2D eigenvalue weighted by molar-refractivity contribution is 4.98. The Bertz CT molecular complexity index is 1020. The highest BCUT2D eigenvalue weighted by Gasteiger charge is 2.55. The van der Waals surface area contributed by atoms with Gasteiger partial charge in [-0.05, 0) is 0 Å². The Morgan fingerprint density at radius 1 is 0.460 bits per heavy atom. The van der Waals surface area contributed by atoms with E-state index in [9.17, 15) is 71.6 Å². The van der Waals surface area contributed by atoms with Gasteiger partial charge in [0.1, 0.15) is 111 Å². The van der Waals surface area contributed by atoms with Gasteiger partial charge in [0.25, 0.3) is 0 Å². The highest BCUT2D eigenvalue weighted by atomic mass is 16.8. The second-order valence-corrected chi connectivity index (χ2v) is 12.2. The minimum atomic E-state index is -2.06. The quantitative estimate of drug-likeness (QED) is 0.0580.